The van der Waals surface area contributed by atoms with Gasteiger partial charge in [-0.1, -0.05) is 29.8 Å². The molecule has 2 aromatic rings. The molecular formula is C20H22ClN5O4. The van der Waals surface area contributed by atoms with E-state index in [4.69, 9.17) is 16.3 Å². The maximum absolute atomic E-state index is 12.5. The number of hydrogen-bond donors (Lipinski definition) is 2. The van der Waals surface area contributed by atoms with Crippen molar-refractivity contribution < 1.29 is 14.3 Å². The van der Waals surface area contributed by atoms with Gasteiger partial charge in [-0.15, -0.1) is 0 Å². The van der Waals surface area contributed by atoms with Gasteiger partial charge in [-0.3, -0.25) is 9.59 Å². The zero-order valence-corrected chi connectivity index (χ0v) is 17.0. The van der Waals surface area contributed by atoms with E-state index in [1.54, 1.807) is 17.0 Å². The molecule has 0 aliphatic carbocycles. The molecule has 4 rings (SSSR count). The third-order valence-corrected chi connectivity index (χ3v) is 5.72. The van der Waals surface area contributed by atoms with Crippen LogP contribution >= 0.6 is 11.6 Å². The second-order valence-corrected chi connectivity index (χ2v) is 7.79. The number of nitrogens with zero attached hydrogens (tertiary/aromatic N) is 3. The molecule has 1 aromatic carbocycles. The molecule has 2 aliphatic rings. The number of ether oxygens (including phenoxy) is 1. The van der Waals surface area contributed by atoms with E-state index in [0.717, 1.165) is 0 Å². The molecule has 2 amide bonds. The molecule has 158 valence electrons. The molecular weight excluding hydrogens is 410 g/mol. The van der Waals surface area contributed by atoms with Crippen molar-refractivity contribution in [3.05, 3.63) is 57.5 Å². The molecule has 2 aliphatic heterocycles. The minimum Gasteiger partial charge on any atom is -0.444 e. The summed E-state index contributed by atoms with van der Waals surface area (Å²) in [6.45, 7) is 2.07. The van der Waals surface area contributed by atoms with Crippen LogP contribution in [0.15, 0.2) is 41.3 Å². The molecule has 1 aromatic heterocycles. The molecule has 0 unspecified atom stereocenters. The molecule has 0 spiro atoms. The van der Waals surface area contributed by atoms with Crippen LogP contribution in [-0.4, -0.2) is 65.4 Å². The number of nitrogens with one attached hydrogen (secondary N) is 2. The van der Waals surface area contributed by atoms with Crippen molar-refractivity contribution in [1.82, 2.24) is 20.4 Å². The number of likely N-dealkylation sites (tertiary alicyclic amines) is 1. The highest BCUT2D eigenvalue weighted by molar-refractivity contribution is 6.33. The van der Waals surface area contributed by atoms with Crippen LogP contribution in [0.5, 0.6) is 0 Å². The number of H-pyrrole nitrogens is 1. The average molecular weight is 432 g/mol. The summed E-state index contributed by atoms with van der Waals surface area (Å²) < 4.78 is 5.53. The standard InChI is InChI=1S/C20H22ClN5O4/c21-17-16(10-22-24-18(17)27)25-9-7-15(12-25)30-20(29)23-14-6-8-26(11-14)19(28)13-4-2-1-3-5-13/h1-5,10,14-15H,6-9,11-12H2,(H,23,29)(H,24,27)/t14-,15-/m1/s1. The highest BCUT2D eigenvalue weighted by atomic mass is 35.5. The van der Waals surface area contributed by atoms with Crippen LogP contribution in [0.2, 0.25) is 5.02 Å². The topological polar surface area (TPSA) is 108 Å². The molecule has 2 atom stereocenters. The quantitative estimate of drug-likeness (QED) is 0.762. The van der Waals surface area contributed by atoms with E-state index in [1.165, 1.54) is 6.20 Å². The van der Waals surface area contributed by atoms with Gasteiger partial charge in [0.15, 0.2) is 0 Å². The van der Waals surface area contributed by atoms with E-state index in [1.807, 2.05) is 23.1 Å². The summed E-state index contributed by atoms with van der Waals surface area (Å²) in [5.41, 5.74) is 0.713. The van der Waals surface area contributed by atoms with E-state index in [2.05, 4.69) is 15.5 Å². The highest BCUT2D eigenvalue weighted by Gasteiger charge is 2.31. The van der Waals surface area contributed by atoms with Crippen molar-refractivity contribution in [2.24, 2.45) is 0 Å². The molecule has 10 heteroatoms. The van der Waals surface area contributed by atoms with Crippen molar-refractivity contribution in [1.29, 1.82) is 0 Å². The fourth-order valence-corrected chi connectivity index (χ4v) is 4.03. The second-order valence-electron chi connectivity index (χ2n) is 7.41. The first-order valence-corrected chi connectivity index (χ1v) is 10.2. The van der Waals surface area contributed by atoms with Gasteiger partial charge in [-0.05, 0) is 18.6 Å². The minimum atomic E-state index is -0.504. The maximum Gasteiger partial charge on any atom is 0.407 e. The van der Waals surface area contributed by atoms with Gasteiger partial charge < -0.3 is 19.9 Å². The number of aromatic nitrogens is 2. The van der Waals surface area contributed by atoms with Gasteiger partial charge in [0.25, 0.3) is 11.5 Å². The number of rotatable bonds is 4. The van der Waals surface area contributed by atoms with Gasteiger partial charge in [0.2, 0.25) is 0 Å². The van der Waals surface area contributed by atoms with Crippen molar-refractivity contribution in [2.45, 2.75) is 25.0 Å². The van der Waals surface area contributed by atoms with Crippen molar-refractivity contribution in [3.8, 4) is 0 Å². The predicted octanol–water partition coefficient (Wildman–Crippen LogP) is 1.64. The first-order valence-electron chi connectivity index (χ1n) is 9.81. The normalized spacial score (nSPS) is 21.0. The fourth-order valence-electron chi connectivity index (χ4n) is 3.82. The van der Waals surface area contributed by atoms with Gasteiger partial charge in [-0.2, -0.15) is 5.10 Å². The number of benzene rings is 1. The summed E-state index contributed by atoms with van der Waals surface area (Å²) in [5, 5.41) is 8.98. The lowest BCUT2D eigenvalue weighted by Gasteiger charge is -2.20. The minimum absolute atomic E-state index is 0.0389. The Labute approximate surface area is 178 Å². The summed E-state index contributed by atoms with van der Waals surface area (Å²) in [6, 6.07) is 8.95. The highest BCUT2D eigenvalue weighted by Crippen LogP contribution is 2.25. The fraction of sp³-hybridized carbons (Fsp3) is 0.400. The summed E-state index contributed by atoms with van der Waals surface area (Å²) in [4.78, 5) is 40.1. The Morgan fingerprint density at radius 1 is 1.17 bits per heavy atom. The molecule has 2 N–H and O–H groups in total. The largest absolute Gasteiger partial charge is 0.444 e. The van der Waals surface area contributed by atoms with E-state index < -0.39 is 11.7 Å². The Bertz CT molecular complexity index is 983. The molecule has 0 saturated carbocycles. The molecule has 2 fully saturated rings. The maximum atomic E-state index is 12.5. The lowest BCUT2D eigenvalue weighted by Crippen LogP contribution is -2.40. The van der Waals surface area contributed by atoms with Crippen LogP contribution < -0.4 is 15.8 Å². The lowest BCUT2D eigenvalue weighted by molar-refractivity contribution is 0.0783. The van der Waals surface area contributed by atoms with E-state index in [0.29, 0.717) is 50.3 Å². The first kappa shape index (κ1) is 20.2. The zero-order valence-electron chi connectivity index (χ0n) is 16.2. The SMILES string of the molecule is O=C(N[C@@H]1CCN(C(=O)c2ccccc2)C1)O[C@@H]1CCN(c2cn[nH]c(=O)c2Cl)C1. The zero-order chi connectivity index (χ0) is 21.1. The molecule has 3 heterocycles. The van der Waals surface area contributed by atoms with Gasteiger partial charge in [0.05, 0.1) is 24.5 Å². The number of amides is 2. The van der Waals surface area contributed by atoms with Crippen LogP contribution in [0, 0.1) is 0 Å². The third-order valence-electron chi connectivity index (χ3n) is 5.35. The second kappa shape index (κ2) is 8.74. The number of halogens is 1. The third kappa shape index (κ3) is 4.40. The molecule has 0 bridgehead atoms. The van der Waals surface area contributed by atoms with Gasteiger partial charge >= 0.3 is 6.09 Å². The predicted molar refractivity (Wildman–Crippen MR) is 111 cm³/mol. The first-order chi connectivity index (χ1) is 14.5. The Hall–Kier alpha value is -3.07. The number of alkyl carbamates (subject to hydrolysis) is 1. The monoisotopic (exact) mass is 431 g/mol. The van der Waals surface area contributed by atoms with E-state index in [9.17, 15) is 14.4 Å². The smallest absolute Gasteiger partial charge is 0.407 e. The molecule has 9 nitrogen and oxygen atoms in total. The van der Waals surface area contributed by atoms with Gasteiger partial charge in [0.1, 0.15) is 11.1 Å². The number of anilines is 1. The van der Waals surface area contributed by atoms with E-state index in [-0.39, 0.29) is 23.1 Å². The summed E-state index contributed by atoms with van der Waals surface area (Å²) in [6.07, 6.45) is 1.97. The van der Waals surface area contributed by atoms with Crippen LogP contribution in [0.4, 0.5) is 10.5 Å². The Morgan fingerprint density at radius 3 is 2.77 bits per heavy atom. The van der Waals surface area contributed by atoms with Crippen molar-refractivity contribution >= 4 is 29.3 Å². The molecule has 2 saturated heterocycles. The number of hydrogen-bond acceptors (Lipinski definition) is 6. The molecule has 0 radical (unpaired) electrons. The van der Waals surface area contributed by atoms with Crippen molar-refractivity contribution in [3.63, 3.8) is 0 Å². The van der Waals surface area contributed by atoms with Gasteiger partial charge in [0, 0.05) is 31.6 Å². The summed E-state index contributed by atoms with van der Waals surface area (Å²) in [7, 11) is 0. The Balaban J connectivity index is 1.26. The van der Waals surface area contributed by atoms with Crippen LogP contribution in [0.3, 0.4) is 0 Å². The van der Waals surface area contributed by atoms with Gasteiger partial charge in [-0.25, -0.2) is 9.89 Å². The number of carbonyl (C=O) groups is 2. The summed E-state index contributed by atoms with van der Waals surface area (Å²) in [5.74, 6) is -0.0389. The molecule has 30 heavy (non-hydrogen) atoms. The average Bonchev–Trinajstić information content (AvgIpc) is 3.40. The van der Waals surface area contributed by atoms with Crippen LogP contribution in [0.1, 0.15) is 23.2 Å². The number of carbonyl (C=O) groups excluding carboxylic acids is 2. The Morgan fingerprint density at radius 2 is 1.97 bits per heavy atom. The van der Waals surface area contributed by atoms with Crippen LogP contribution in [-0.2, 0) is 4.74 Å². The Kier molecular flexibility index (Phi) is 5.89. The summed E-state index contributed by atoms with van der Waals surface area (Å²) >= 11 is 6.05. The van der Waals surface area contributed by atoms with Crippen LogP contribution in [0.25, 0.3) is 0 Å². The number of aromatic amines is 1. The van der Waals surface area contributed by atoms with E-state index >= 15 is 0 Å². The van der Waals surface area contributed by atoms with Crippen molar-refractivity contribution in [2.75, 3.05) is 31.1 Å². The lowest BCUT2D eigenvalue weighted by atomic mass is 10.2.